The third-order valence-corrected chi connectivity index (χ3v) is 4.42. The van der Waals surface area contributed by atoms with Crippen molar-refractivity contribution in [3.63, 3.8) is 0 Å². The maximum absolute atomic E-state index is 10.2. The molecule has 0 aromatic heterocycles. The van der Waals surface area contributed by atoms with E-state index in [2.05, 4.69) is 9.80 Å². The van der Waals surface area contributed by atoms with Gasteiger partial charge in [-0.15, -0.1) is 0 Å². The first kappa shape index (κ1) is 11.9. The number of ether oxygens (including phenoxy) is 1. The van der Waals surface area contributed by atoms with E-state index in [0.717, 1.165) is 45.3 Å². The molecule has 17 heavy (non-hydrogen) atoms. The lowest BCUT2D eigenvalue weighted by molar-refractivity contribution is 0.0352. The molecule has 1 aliphatic carbocycles. The van der Waals surface area contributed by atoms with Crippen molar-refractivity contribution >= 4 is 0 Å². The number of hydrogen-bond donors (Lipinski definition) is 1. The van der Waals surface area contributed by atoms with Crippen molar-refractivity contribution < 1.29 is 9.84 Å². The predicted molar refractivity (Wildman–Crippen MR) is 66.0 cm³/mol. The van der Waals surface area contributed by atoms with Crippen molar-refractivity contribution in [1.82, 2.24) is 9.80 Å². The summed E-state index contributed by atoms with van der Waals surface area (Å²) in [6.45, 7) is 7.06. The van der Waals surface area contributed by atoms with Gasteiger partial charge in [-0.05, 0) is 19.3 Å². The Balaban J connectivity index is 1.40. The second-order valence-electron chi connectivity index (χ2n) is 5.76. The summed E-state index contributed by atoms with van der Waals surface area (Å²) in [5, 5.41) is 10.2. The van der Waals surface area contributed by atoms with Gasteiger partial charge in [0.2, 0.25) is 0 Å². The van der Waals surface area contributed by atoms with E-state index in [9.17, 15) is 5.11 Å². The van der Waals surface area contributed by atoms with E-state index in [-0.39, 0.29) is 6.10 Å². The van der Waals surface area contributed by atoms with Gasteiger partial charge in [0.15, 0.2) is 0 Å². The van der Waals surface area contributed by atoms with Crippen LogP contribution in [0.25, 0.3) is 0 Å². The summed E-state index contributed by atoms with van der Waals surface area (Å²) in [5.74, 6) is 0.372. The maximum Gasteiger partial charge on any atom is 0.0718 e. The van der Waals surface area contributed by atoms with Crippen LogP contribution in [0.4, 0.5) is 0 Å². The van der Waals surface area contributed by atoms with Gasteiger partial charge in [-0.3, -0.25) is 9.80 Å². The maximum atomic E-state index is 10.2. The standard InChI is InChI=1S/C13H24N2O2/c16-13(11-3-8-17-10-11)9-14-4-6-15(7-5-14)12-1-2-12/h11-13,16H,1-10H2. The van der Waals surface area contributed by atoms with E-state index >= 15 is 0 Å². The Hall–Kier alpha value is -0.160. The Morgan fingerprint density at radius 3 is 2.47 bits per heavy atom. The van der Waals surface area contributed by atoms with E-state index in [1.54, 1.807) is 0 Å². The van der Waals surface area contributed by atoms with Gasteiger partial charge in [-0.1, -0.05) is 0 Å². The first-order valence-electron chi connectivity index (χ1n) is 7.05. The molecule has 2 aliphatic heterocycles. The average Bonchev–Trinajstić information content (AvgIpc) is 3.05. The summed E-state index contributed by atoms with van der Waals surface area (Å²) >= 11 is 0. The fourth-order valence-corrected chi connectivity index (χ4v) is 3.02. The largest absolute Gasteiger partial charge is 0.391 e. The SMILES string of the molecule is OC(CN1CCN(C2CC2)CC1)C1CCOC1. The Labute approximate surface area is 104 Å². The fourth-order valence-electron chi connectivity index (χ4n) is 3.02. The molecule has 2 atom stereocenters. The van der Waals surface area contributed by atoms with E-state index in [4.69, 9.17) is 4.74 Å². The smallest absolute Gasteiger partial charge is 0.0718 e. The molecule has 2 saturated heterocycles. The predicted octanol–water partition coefficient (Wildman–Crippen LogP) is 0.164. The highest BCUT2D eigenvalue weighted by atomic mass is 16.5. The quantitative estimate of drug-likeness (QED) is 0.759. The molecular formula is C13H24N2O2. The third kappa shape index (κ3) is 2.99. The molecule has 4 heteroatoms. The first-order chi connectivity index (χ1) is 8.33. The van der Waals surface area contributed by atoms with Crippen LogP contribution in [-0.4, -0.2) is 73.0 Å². The van der Waals surface area contributed by atoms with Gasteiger partial charge >= 0.3 is 0 Å². The molecule has 1 saturated carbocycles. The molecule has 0 aromatic carbocycles. The minimum Gasteiger partial charge on any atom is -0.391 e. The van der Waals surface area contributed by atoms with E-state index in [1.165, 1.54) is 25.9 Å². The van der Waals surface area contributed by atoms with Crippen LogP contribution >= 0.6 is 0 Å². The lowest BCUT2D eigenvalue weighted by Crippen LogP contribution is -2.50. The summed E-state index contributed by atoms with van der Waals surface area (Å²) in [4.78, 5) is 5.03. The number of nitrogens with zero attached hydrogens (tertiary/aromatic N) is 2. The zero-order valence-corrected chi connectivity index (χ0v) is 10.6. The summed E-state index contributed by atoms with van der Waals surface area (Å²) < 4.78 is 5.34. The van der Waals surface area contributed by atoms with Crippen LogP contribution < -0.4 is 0 Å². The van der Waals surface area contributed by atoms with Crippen LogP contribution in [0, 0.1) is 5.92 Å². The van der Waals surface area contributed by atoms with Crippen LogP contribution in [0.1, 0.15) is 19.3 Å². The molecule has 3 rings (SSSR count). The molecule has 4 nitrogen and oxygen atoms in total. The van der Waals surface area contributed by atoms with Crippen molar-refractivity contribution in [1.29, 1.82) is 0 Å². The third-order valence-electron chi connectivity index (χ3n) is 4.42. The topological polar surface area (TPSA) is 35.9 Å². The van der Waals surface area contributed by atoms with Crippen LogP contribution in [0.2, 0.25) is 0 Å². The van der Waals surface area contributed by atoms with Crippen molar-refractivity contribution in [2.45, 2.75) is 31.4 Å². The molecule has 0 aromatic rings. The molecule has 0 amide bonds. The molecule has 0 radical (unpaired) electrons. The average molecular weight is 240 g/mol. The lowest BCUT2D eigenvalue weighted by Gasteiger charge is -2.36. The first-order valence-corrected chi connectivity index (χ1v) is 7.05. The highest BCUT2D eigenvalue weighted by Gasteiger charge is 2.32. The number of rotatable bonds is 4. The van der Waals surface area contributed by atoms with Crippen molar-refractivity contribution in [2.24, 2.45) is 5.92 Å². The summed E-state index contributed by atoms with van der Waals surface area (Å²) in [6, 6.07) is 0.894. The molecule has 3 aliphatic rings. The Morgan fingerprint density at radius 1 is 1.12 bits per heavy atom. The Bertz CT molecular complexity index is 244. The second-order valence-corrected chi connectivity index (χ2v) is 5.76. The van der Waals surface area contributed by atoms with Gasteiger partial charge in [-0.25, -0.2) is 0 Å². The molecule has 2 heterocycles. The van der Waals surface area contributed by atoms with Gasteiger partial charge in [0.1, 0.15) is 0 Å². The Kier molecular flexibility index (Phi) is 3.66. The minimum absolute atomic E-state index is 0.190. The van der Waals surface area contributed by atoms with Crippen LogP contribution in [0.15, 0.2) is 0 Å². The summed E-state index contributed by atoms with van der Waals surface area (Å²) in [5.41, 5.74) is 0. The number of β-amino-alcohol motifs (C(OH)–C–C–N with tert-alkyl or cyclic N) is 1. The fraction of sp³-hybridized carbons (Fsp3) is 1.00. The zero-order chi connectivity index (χ0) is 11.7. The monoisotopic (exact) mass is 240 g/mol. The minimum atomic E-state index is -0.190. The molecule has 98 valence electrons. The highest BCUT2D eigenvalue weighted by Crippen LogP contribution is 2.27. The van der Waals surface area contributed by atoms with Gasteiger partial charge in [0, 0.05) is 51.3 Å². The number of hydrogen-bond acceptors (Lipinski definition) is 4. The van der Waals surface area contributed by atoms with Gasteiger partial charge in [0.25, 0.3) is 0 Å². The molecule has 3 fully saturated rings. The number of aliphatic hydroxyl groups is 1. The van der Waals surface area contributed by atoms with Gasteiger partial charge in [-0.2, -0.15) is 0 Å². The molecule has 1 N–H and O–H groups in total. The van der Waals surface area contributed by atoms with E-state index in [1.807, 2.05) is 0 Å². The van der Waals surface area contributed by atoms with Crippen LogP contribution in [0.5, 0.6) is 0 Å². The Morgan fingerprint density at radius 2 is 1.88 bits per heavy atom. The normalized spacial score (nSPS) is 34.1. The van der Waals surface area contributed by atoms with Crippen LogP contribution in [-0.2, 0) is 4.74 Å². The summed E-state index contributed by atoms with van der Waals surface area (Å²) in [6.07, 6.45) is 3.65. The van der Waals surface area contributed by atoms with E-state index < -0.39 is 0 Å². The molecule has 0 spiro atoms. The van der Waals surface area contributed by atoms with Crippen LogP contribution in [0.3, 0.4) is 0 Å². The molecule has 0 bridgehead atoms. The number of aliphatic hydroxyl groups excluding tert-OH is 1. The highest BCUT2D eigenvalue weighted by molar-refractivity contribution is 4.88. The van der Waals surface area contributed by atoms with Gasteiger partial charge < -0.3 is 9.84 Å². The van der Waals surface area contributed by atoms with Crippen molar-refractivity contribution in [3.05, 3.63) is 0 Å². The van der Waals surface area contributed by atoms with Gasteiger partial charge in [0.05, 0.1) is 12.7 Å². The molecular weight excluding hydrogens is 216 g/mol. The summed E-state index contributed by atoms with van der Waals surface area (Å²) in [7, 11) is 0. The van der Waals surface area contributed by atoms with E-state index in [0.29, 0.717) is 5.92 Å². The number of piperazine rings is 1. The van der Waals surface area contributed by atoms with Crippen molar-refractivity contribution in [3.8, 4) is 0 Å². The lowest BCUT2D eigenvalue weighted by atomic mass is 10.0. The second kappa shape index (κ2) is 5.22. The molecule has 2 unspecified atom stereocenters. The zero-order valence-electron chi connectivity index (χ0n) is 10.6. The van der Waals surface area contributed by atoms with Crippen molar-refractivity contribution in [2.75, 3.05) is 45.9 Å².